The summed E-state index contributed by atoms with van der Waals surface area (Å²) in [5.41, 5.74) is 0. The molecule has 20 heavy (non-hydrogen) atoms. The molecule has 1 unspecified atom stereocenters. The van der Waals surface area contributed by atoms with E-state index in [0.29, 0.717) is 24.6 Å². The maximum Gasteiger partial charge on any atom is 0.191 e. The van der Waals surface area contributed by atoms with Crippen LogP contribution < -0.4 is 10.6 Å². The van der Waals surface area contributed by atoms with Crippen molar-refractivity contribution in [2.45, 2.75) is 19.9 Å². The first kappa shape index (κ1) is 15.3. The van der Waals surface area contributed by atoms with Crippen LogP contribution in [0.1, 0.15) is 18.2 Å². The zero-order valence-electron chi connectivity index (χ0n) is 11.6. The summed E-state index contributed by atoms with van der Waals surface area (Å²) in [7, 11) is -2.80. The van der Waals surface area contributed by atoms with Gasteiger partial charge in [-0.15, -0.1) is 11.3 Å². The van der Waals surface area contributed by atoms with E-state index in [-0.39, 0.29) is 5.92 Å². The van der Waals surface area contributed by atoms with Crippen LogP contribution in [0.25, 0.3) is 0 Å². The number of nitrogens with zero attached hydrogens (tertiary/aromatic N) is 1. The average Bonchev–Trinajstić information content (AvgIpc) is 3.02. The molecule has 1 aromatic rings. The number of aliphatic imine (C=N–C) groups is 1. The quantitative estimate of drug-likeness (QED) is 0.633. The topological polar surface area (TPSA) is 70.6 Å². The highest BCUT2D eigenvalue weighted by Crippen LogP contribution is 2.17. The van der Waals surface area contributed by atoms with Gasteiger partial charge in [-0.1, -0.05) is 6.07 Å². The number of nitrogens with one attached hydrogen (secondary N) is 2. The summed E-state index contributed by atoms with van der Waals surface area (Å²) in [4.78, 5) is 5.72. The SMILES string of the molecule is CCNC(=NCc1cccs1)NCC1CCS(=O)(=O)C1. The molecule has 0 aliphatic carbocycles. The third-order valence-electron chi connectivity index (χ3n) is 3.20. The molecular formula is C13H21N3O2S2. The van der Waals surface area contributed by atoms with E-state index in [4.69, 9.17) is 0 Å². The summed E-state index contributed by atoms with van der Waals surface area (Å²) < 4.78 is 22.8. The van der Waals surface area contributed by atoms with Gasteiger partial charge in [0.15, 0.2) is 15.8 Å². The molecule has 0 radical (unpaired) electrons. The summed E-state index contributed by atoms with van der Waals surface area (Å²) in [6.45, 7) is 4.12. The molecule has 0 saturated carbocycles. The van der Waals surface area contributed by atoms with Gasteiger partial charge in [-0.2, -0.15) is 0 Å². The molecule has 1 atom stereocenters. The fourth-order valence-electron chi connectivity index (χ4n) is 2.18. The van der Waals surface area contributed by atoms with Crippen LogP contribution in [0.15, 0.2) is 22.5 Å². The zero-order chi connectivity index (χ0) is 14.4. The highest BCUT2D eigenvalue weighted by atomic mass is 32.2. The minimum absolute atomic E-state index is 0.200. The Kier molecular flexibility index (Phi) is 5.42. The first-order valence-corrected chi connectivity index (χ1v) is 9.54. The van der Waals surface area contributed by atoms with E-state index in [2.05, 4.69) is 21.7 Å². The molecule has 0 spiro atoms. The van der Waals surface area contributed by atoms with Crippen molar-refractivity contribution in [3.05, 3.63) is 22.4 Å². The van der Waals surface area contributed by atoms with E-state index in [1.807, 2.05) is 18.4 Å². The van der Waals surface area contributed by atoms with Crippen molar-refractivity contribution in [3.8, 4) is 0 Å². The van der Waals surface area contributed by atoms with Gasteiger partial charge in [-0.25, -0.2) is 13.4 Å². The Labute approximate surface area is 124 Å². The summed E-state index contributed by atoms with van der Waals surface area (Å²) >= 11 is 1.68. The molecule has 1 aromatic heterocycles. The molecule has 1 aliphatic heterocycles. The number of thiophene rings is 1. The van der Waals surface area contributed by atoms with Gasteiger partial charge in [-0.05, 0) is 30.7 Å². The van der Waals surface area contributed by atoms with Gasteiger partial charge < -0.3 is 10.6 Å². The van der Waals surface area contributed by atoms with Crippen molar-refractivity contribution >= 4 is 27.1 Å². The second-order valence-electron chi connectivity index (χ2n) is 4.92. The van der Waals surface area contributed by atoms with Crippen LogP contribution in [0.5, 0.6) is 0 Å². The average molecular weight is 315 g/mol. The highest BCUT2D eigenvalue weighted by Gasteiger charge is 2.27. The molecule has 1 aliphatic rings. The lowest BCUT2D eigenvalue weighted by molar-refractivity contribution is 0.567. The minimum atomic E-state index is -2.80. The van der Waals surface area contributed by atoms with E-state index in [1.165, 1.54) is 4.88 Å². The Bertz CT molecular complexity index is 538. The Morgan fingerprint density at radius 3 is 2.95 bits per heavy atom. The molecule has 0 amide bonds. The maximum atomic E-state index is 11.4. The van der Waals surface area contributed by atoms with Crippen LogP contribution in [-0.2, 0) is 16.4 Å². The zero-order valence-corrected chi connectivity index (χ0v) is 13.3. The molecule has 0 bridgehead atoms. The van der Waals surface area contributed by atoms with E-state index < -0.39 is 9.84 Å². The van der Waals surface area contributed by atoms with Crippen molar-refractivity contribution in [2.24, 2.45) is 10.9 Å². The van der Waals surface area contributed by atoms with Crippen LogP contribution in [0, 0.1) is 5.92 Å². The third kappa shape index (κ3) is 4.79. The lowest BCUT2D eigenvalue weighted by atomic mass is 10.1. The molecule has 1 fully saturated rings. The van der Waals surface area contributed by atoms with Crippen molar-refractivity contribution in [3.63, 3.8) is 0 Å². The molecular weight excluding hydrogens is 294 g/mol. The maximum absolute atomic E-state index is 11.4. The van der Waals surface area contributed by atoms with Crippen molar-refractivity contribution in [1.29, 1.82) is 0 Å². The molecule has 0 aromatic carbocycles. The molecule has 2 rings (SSSR count). The number of hydrogen-bond donors (Lipinski definition) is 2. The van der Waals surface area contributed by atoms with Crippen LogP contribution >= 0.6 is 11.3 Å². The largest absolute Gasteiger partial charge is 0.357 e. The lowest BCUT2D eigenvalue weighted by Gasteiger charge is -2.14. The standard InChI is InChI=1S/C13H21N3O2S2/c1-2-14-13(16-9-12-4-3-6-19-12)15-8-11-5-7-20(17,18)10-11/h3-4,6,11H,2,5,7-10H2,1H3,(H2,14,15,16). The van der Waals surface area contributed by atoms with Gasteiger partial charge in [0, 0.05) is 18.0 Å². The van der Waals surface area contributed by atoms with Crippen LogP contribution in [0.2, 0.25) is 0 Å². The Morgan fingerprint density at radius 1 is 1.50 bits per heavy atom. The van der Waals surface area contributed by atoms with Crippen molar-refractivity contribution < 1.29 is 8.42 Å². The normalized spacial score (nSPS) is 21.9. The van der Waals surface area contributed by atoms with Gasteiger partial charge in [0.05, 0.1) is 18.1 Å². The van der Waals surface area contributed by atoms with Gasteiger partial charge >= 0.3 is 0 Å². The first-order chi connectivity index (χ1) is 9.59. The van der Waals surface area contributed by atoms with E-state index >= 15 is 0 Å². The Morgan fingerprint density at radius 2 is 2.35 bits per heavy atom. The van der Waals surface area contributed by atoms with Gasteiger partial charge in [0.2, 0.25) is 0 Å². The van der Waals surface area contributed by atoms with E-state index in [9.17, 15) is 8.42 Å². The second-order valence-corrected chi connectivity index (χ2v) is 8.19. The summed E-state index contributed by atoms with van der Waals surface area (Å²) in [5.74, 6) is 1.57. The van der Waals surface area contributed by atoms with E-state index in [0.717, 1.165) is 18.9 Å². The fraction of sp³-hybridized carbons (Fsp3) is 0.615. The number of guanidine groups is 1. The molecule has 2 N–H and O–H groups in total. The summed E-state index contributed by atoms with van der Waals surface area (Å²) in [6, 6.07) is 4.07. The van der Waals surface area contributed by atoms with Crippen LogP contribution in [0.4, 0.5) is 0 Å². The predicted octanol–water partition coefficient (Wildman–Crippen LogP) is 1.24. The molecule has 112 valence electrons. The first-order valence-electron chi connectivity index (χ1n) is 6.84. The molecule has 1 saturated heterocycles. The minimum Gasteiger partial charge on any atom is -0.357 e. The summed E-state index contributed by atoms with van der Waals surface area (Å²) in [6.07, 6.45) is 0.750. The smallest absolute Gasteiger partial charge is 0.191 e. The van der Waals surface area contributed by atoms with Gasteiger partial charge in [-0.3, -0.25) is 0 Å². The van der Waals surface area contributed by atoms with Crippen LogP contribution in [-0.4, -0.2) is 39.0 Å². The molecule has 2 heterocycles. The van der Waals surface area contributed by atoms with Crippen molar-refractivity contribution in [1.82, 2.24) is 10.6 Å². The molecule has 5 nitrogen and oxygen atoms in total. The second kappa shape index (κ2) is 7.08. The predicted molar refractivity (Wildman–Crippen MR) is 83.9 cm³/mol. The van der Waals surface area contributed by atoms with Gasteiger partial charge in [0.25, 0.3) is 0 Å². The fourth-order valence-corrected chi connectivity index (χ4v) is 4.67. The molecule has 7 heteroatoms. The third-order valence-corrected chi connectivity index (χ3v) is 5.90. The number of sulfone groups is 1. The summed E-state index contributed by atoms with van der Waals surface area (Å²) in [5, 5.41) is 8.46. The lowest BCUT2D eigenvalue weighted by Crippen LogP contribution is -2.40. The Balaban J connectivity index is 1.84. The van der Waals surface area contributed by atoms with Gasteiger partial charge in [0.1, 0.15) is 0 Å². The highest BCUT2D eigenvalue weighted by molar-refractivity contribution is 7.91. The number of hydrogen-bond acceptors (Lipinski definition) is 4. The van der Waals surface area contributed by atoms with Crippen LogP contribution in [0.3, 0.4) is 0 Å². The number of rotatable bonds is 5. The monoisotopic (exact) mass is 315 g/mol. The Hall–Kier alpha value is -1.08. The van der Waals surface area contributed by atoms with Crippen molar-refractivity contribution in [2.75, 3.05) is 24.6 Å². The van der Waals surface area contributed by atoms with E-state index in [1.54, 1.807) is 11.3 Å².